The molecule has 0 unspecified atom stereocenters. The Kier molecular flexibility index (Phi) is 5.02. The molecule has 1 N–H and O–H groups in total. The number of thioether (sulfide) groups is 1. The van der Waals surface area contributed by atoms with Crippen molar-refractivity contribution in [3.05, 3.63) is 0 Å². The Morgan fingerprint density at radius 3 is 2.44 bits per heavy atom. The van der Waals surface area contributed by atoms with E-state index in [9.17, 15) is 0 Å². The zero-order valence-corrected chi connectivity index (χ0v) is 11.6. The second kappa shape index (κ2) is 6.30. The Hall–Kier alpha value is 0.310. The Morgan fingerprint density at radius 1 is 1.12 bits per heavy atom. The first kappa shape index (κ1) is 12.8. The molecule has 0 radical (unpaired) electrons. The molecule has 0 aromatic heterocycles. The Bertz CT molecular complexity index is 189. The lowest BCUT2D eigenvalue weighted by atomic mass is 9.71. The van der Waals surface area contributed by atoms with Crippen LogP contribution in [-0.2, 0) is 0 Å². The molecule has 0 heterocycles. The molecule has 1 nitrogen and oxygen atoms in total. The van der Waals surface area contributed by atoms with E-state index in [1.54, 1.807) is 0 Å². The predicted octanol–water partition coefficient (Wildman–Crippen LogP) is 3.83. The Morgan fingerprint density at radius 2 is 1.81 bits per heavy atom. The van der Waals surface area contributed by atoms with Crippen LogP contribution in [0.5, 0.6) is 0 Å². The Balaban J connectivity index is 1.61. The molecule has 0 amide bonds. The quantitative estimate of drug-likeness (QED) is 0.734. The molecule has 2 rings (SSSR count). The van der Waals surface area contributed by atoms with Gasteiger partial charge in [0, 0.05) is 6.04 Å². The monoisotopic (exact) mass is 241 g/mol. The minimum absolute atomic E-state index is 0.803. The van der Waals surface area contributed by atoms with E-state index in [0.717, 1.165) is 11.5 Å². The van der Waals surface area contributed by atoms with Crippen LogP contribution in [0.2, 0.25) is 0 Å². The van der Waals surface area contributed by atoms with Crippen molar-refractivity contribution < 1.29 is 0 Å². The molecule has 0 aromatic rings. The maximum atomic E-state index is 3.75. The summed E-state index contributed by atoms with van der Waals surface area (Å²) < 4.78 is 0. The Labute approximate surface area is 105 Å². The molecule has 2 saturated carbocycles. The summed E-state index contributed by atoms with van der Waals surface area (Å²) in [6.07, 6.45) is 15.5. The normalized spacial score (nSPS) is 25.3. The van der Waals surface area contributed by atoms with Crippen LogP contribution >= 0.6 is 11.8 Å². The van der Waals surface area contributed by atoms with E-state index in [0.29, 0.717) is 0 Å². The molecule has 1 spiro atoms. The lowest BCUT2D eigenvalue weighted by Gasteiger charge is -2.37. The number of nitrogens with one attached hydrogen (secondary N) is 1. The van der Waals surface area contributed by atoms with Gasteiger partial charge in [0.1, 0.15) is 0 Å². The van der Waals surface area contributed by atoms with Crippen LogP contribution in [-0.4, -0.2) is 24.6 Å². The minimum atomic E-state index is 0.803. The summed E-state index contributed by atoms with van der Waals surface area (Å²) in [5.41, 5.74) is 0.803. The van der Waals surface area contributed by atoms with Gasteiger partial charge in [0.25, 0.3) is 0 Å². The molecule has 2 aliphatic rings. The molecule has 0 saturated heterocycles. The molecular formula is C14H27NS. The first-order valence-electron chi connectivity index (χ1n) is 7.07. The molecule has 0 aromatic carbocycles. The van der Waals surface area contributed by atoms with E-state index >= 15 is 0 Å². The molecule has 0 aliphatic heterocycles. The highest BCUT2D eigenvalue weighted by Gasteiger charge is 2.37. The first-order chi connectivity index (χ1) is 7.85. The van der Waals surface area contributed by atoms with Crippen molar-refractivity contribution in [3.63, 3.8) is 0 Å². The average molecular weight is 241 g/mol. The lowest BCUT2D eigenvalue weighted by molar-refractivity contribution is 0.169. The standard InChI is InChI=1S/C14H27NS/c1-16-12-4-11-15-13-5-9-14(10-6-13)7-2-3-8-14/h13,15H,2-12H2,1H3. The third-order valence-corrected chi connectivity index (χ3v) is 5.37. The van der Waals surface area contributed by atoms with Crippen molar-refractivity contribution in [2.75, 3.05) is 18.6 Å². The number of hydrogen-bond acceptors (Lipinski definition) is 2. The van der Waals surface area contributed by atoms with Gasteiger partial charge in [0.15, 0.2) is 0 Å². The maximum absolute atomic E-state index is 3.75. The first-order valence-corrected chi connectivity index (χ1v) is 8.46. The molecule has 0 atom stereocenters. The topological polar surface area (TPSA) is 12.0 Å². The summed E-state index contributed by atoms with van der Waals surface area (Å²) in [5, 5.41) is 3.75. The smallest absolute Gasteiger partial charge is 0.00674 e. The summed E-state index contributed by atoms with van der Waals surface area (Å²) in [6.45, 7) is 1.23. The van der Waals surface area contributed by atoms with Gasteiger partial charge in [-0.1, -0.05) is 12.8 Å². The number of hydrogen-bond donors (Lipinski definition) is 1. The van der Waals surface area contributed by atoms with E-state index in [1.165, 1.54) is 70.1 Å². The van der Waals surface area contributed by atoms with Crippen LogP contribution < -0.4 is 5.32 Å². The van der Waals surface area contributed by atoms with Gasteiger partial charge in [0.05, 0.1) is 0 Å². The van der Waals surface area contributed by atoms with E-state index in [-0.39, 0.29) is 0 Å². The van der Waals surface area contributed by atoms with Gasteiger partial charge in [-0.25, -0.2) is 0 Å². The molecule has 2 aliphatic carbocycles. The van der Waals surface area contributed by atoms with Crippen molar-refractivity contribution in [1.82, 2.24) is 5.32 Å². The minimum Gasteiger partial charge on any atom is -0.314 e. The van der Waals surface area contributed by atoms with Crippen LogP contribution in [0, 0.1) is 5.41 Å². The van der Waals surface area contributed by atoms with E-state index in [4.69, 9.17) is 0 Å². The highest BCUT2D eigenvalue weighted by Crippen LogP contribution is 2.48. The van der Waals surface area contributed by atoms with Crippen molar-refractivity contribution in [3.8, 4) is 0 Å². The van der Waals surface area contributed by atoms with Crippen LogP contribution in [0.3, 0.4) is 0 Å². The predicted molar refractivity (Wildman–Crippen MR) is 74.2 cm³/mol. The SMILES string of the molecule is CSCCCNC1CCC2(CCCC2)CC1. The van der Waals surface area contributed by atoms with Gasteiger partial charge in [0.2, 0.25) is 0 Å². The molecule has 94 valence electrons. The van der Waals surface area contributed by atoms with E-state index in [2.05, 4.69) is 11.6 Å². The van der Waals surface area contributed by atoms with E-state index in [1.807, 2.05) is 11.8 Å². The van der Waals surface area contributed by atoms with Crippen LogP contribution in [0.1, 0.15) is 57.8 Å². The zero-order chi connectivity index (χ0) is 11.3. The van der Waals surface area contributed by atoms with Gasteiger partial charge in [-0.2, -0.15) is 11.8 Å². The molecular weight excluding hydrogens is 214 g/mol. The molecule has 0 bridgehead atoms. The second-order valence-corrected chi connectivity index (χ2v) is 6.77. The van der Waals surface area contributed by atoms with E-state index < -0.39 is 0 Å². The zero-order valence-electron chi connectivity index (χ0n) is 10.8. The fourth-order valence-corrected chi connectivity index (χ4v) is 4.02. The van der Waals surface area contributed by atoms with Crippen molar-refractivity contribution in [1.29, 1.82) is 0 Å². The fraction of sp³-hybridized carbons (Fsp3) is 1.00. The third kappa shape index (κ3) is 3.40. The van der Waals surface area contributed by atoms with Gasteiger partial charge in [-0.3, -0.25) is 0 Å². The summed E-state index contributed by atoms with van der Waals surface area (Å²) in [6, 6.07) is 0.841. The number of rotatable bonds is 5. The molecule has 2 heteroatoms. The van der Waals surface area contributed by atoms with Gasteiger partial charge in [-0.05, 0) is 68.9 Å². The second-order valence-electron chi connectivity index (χ2n) is 5.78. The average Bonchev–Trinajstić information content (AvgIpc) is 2.76. The summed E-state index contributed by atoms with van der Waals surface area (Å²) in [7, 11) is 0. The molecule has 16 heavy (non-hydrogen) atoms. The van der Waals surface area contributed by atoms with Crippen LogP contribution in [0.4, 0.5) is 0 Å². The van der Waals surface area contributed by atoms with Crippen molar-refractivity contribution in [2.45, 2.75) is 63.8 Å². The van der Waals surface area contributed by atoms with Crippen LogP contribution in [0.15, 0.2) is 0 Å². The van der Waals surface area contributed by atoms with Gasteiger partial charge >= 0.3 is 0 Å². The highest BCUT2D eigenvalue weighted by molar-refractivity contribution is 7.98. The summed E-state index contributed by atoms with van der Waals surface area (Å²) in [4.78, 5) is 0. The van der Waals surface area contributed by atoms with Crippen LogP contribution in [0.25, 0.3) is 0 Å². The third-order valence-electron chi connectivity index (χ3n) is 4.67. The fourth-order valence-electron chi connectivity index (χ4n) is 3.58. The summed E-state index contributed by atoms with van der Waals surface area (Å²) >= 11 is 1.96. The largest absolute Gasteiger partial charge is 0.314 e. The van der Waals surface area contributed by atoms with Crippen molar-refractivity contribution >= 4 is 11.8 Å². The van der Waals surface area contributed by atoms with Crippen molar-refractivity contribution in [2.24, 2.45) is 5.41 Å². The molecule has 2 fully saturated rings. The van der Waals surface area contributed by atoms with Gasteiger partial charge in [-0.15, -0.1) is 0 Å². The highest BCUT2D eigenvalue weighted by atomic mass is 32.2. The summed E-state index contributed by atoms with van der Waals surface area (Å²) in [5.74, 6) is 1.31. The van der Waals surface area contributed by atoms with Gasteiger partial charge < -0.3 is 5.32 Å². The maximum Gasteiger partial charge on any atom is 0.00674 e. The lowest BCUT2D eigenvalue weighted by Crippen LogP contribution is -2.37.